The zero-order valence-corrected chi connectivity index (χ0v) is 7.67. The Morgan fingerprint density at radius 2 is 1.82 bits per heavy atom. The summed E-state index contributed by atoms with van der Waals surface area (Å²) in [6, 6.07) is 0. The molecule has 4 atom stereocenters. The topological polar surface area (TPSA) is 20.2 Å². The lowest BCUT2D eigenvalue weighted by Crippen LogP contribution is -2.57. The lowest BCUT2D eigenvalue weighted by molar-refractivity contribution is -0.167. The van der Waals surface area contributed by atoms with Crippen LogP contribution >= 0.6 is 0 Å². The summed E-state index contributed by atoms with van der Waals surface area (Å²) in [5, 5.41) is 9.72. The Kier molecular flexibility index (Phi) is 1.39. The number of aliphatic hydroxyl groups is 1. The van der Waals surface area contributed by atoms with Gasteiger partial charge in [0.05, 0.1) is 6.10 Å². The minimum Gasteiger partial charge on any atom is -0.393 e. The second-order valence-electron chi connectivity index (χ2n) is 5.05. The van der Waals surface area contributed by atoms with Gasteiger partial charge < -0.3 is 5.11 Å². The molecule has 3 fully saturated rings. The molecule has 1 nitrogen and oxygen atoms in total. The van der Waals surface area contributed by atoms with Gasteiger partial charge in [0.1, 0.15) is 0 Å². The fourth-order valence-electron chi connectivity index (χ4n) is 3.32. The van der Waals surface area contributed by atoms with E-state index in [0.717, 1.165) is 18.3 Å². The molecular weight excluding hydrogens is 136 g/mol. The van der Waals surface area contributed by atoms with Gasteiger partial charge >= 0.3 is 0 Å². The van der Waals surface area contributed by atoms with Crippen LogP contribution in [0.2, 0.25) is 0 Å². The molecule has 0 aliphatic heterocycles. The molecule has 0 saturated heterocycles. The summed E-state index contributed by atoms with van der Waals surface area (Å²) in [4.78, 5) is 0. The summed E-state index contributed by atoms with van der Waals surface area (Å²) in [5.74, 6) is 2.23. The van der Waals surface area contributed by atoms with Crippen molar-refractivity contribution < 1.29 is 5.11 Å². The highest BCUT2D eigenvalue weighted by Gasteiger charge is 2.56. The number of rotatable bonds is 0. The van der Waals surface area contributed by atoms with Gasteiger partial charge in [0.25, 0.3) is 0 Å². The van der Waals surface area contributed by atoms with Crippen molar-refractivity contribution in [3.05, 3.63) is 0 Å². The van der Waals surface area contributed by atoms with E-state index in [0.29, 0.717) is 11.3 Å². The Labute approximate surface area is 68.8 Å². The highest BCUT2D eigenvalue weighted by Crippen LogP contribution is 2.61. The lowest BCUT2D eigenvalue weighted by atomic mass is 9.45. The highest BCUT2D eigenvalue weighted by atomic mass is 16.3. The van der Waals surface area contributed by atoms with Crippen molar-refractivity contribution in [3.8, 4) is 0 Å². The van der Waals surface area contributed by atoms with Crippen LogP contribution in [0.5, 0.6) is 0 Å². The monoisotopic (exact) mass is 154 g/mol. The van der Waals surface area contributed by atoms with Crippen LogP contribution in [0.15, 0.2) is 0 Å². The van der Waals surface area contributed by atoms with Crippen LogP contribution in [0.25, 0.3) is 0 Å². The first-order valence-corrected chi connectivity index (χ1v) is 4.71. The van der Waals surface area contributed by atoms with Crippen LogP contribution in [0.1, 0.15) is 33.6 Å². The summed E-state index contributed by atoms with van der Waals surface area (Å²) in [6.45, 7) is 6.90. The molecule has 0 amide bonds. The third-order valence-corrected chi connectivity index (χ3v) is 4.18. The van der Waals surface area contributed by atoms with Gasteiger partial charge in [0.2, 0.25) is 0 Å². The first-order valence-electron chi connectivity index (χ1n) is 4.71. The summed E-state index contributed by atoms with van der Waals surface area (Å²) in [6.07, 6.45) is 2.30. The Balaban J connectivity index is 2.20. The summed E-state index contributed by atoms with van der Waals surface area (Å²) < 4.78 is 0. The maximum Gasteiger partial charge on any atom is 0.0576 e. The fourth-order valence-corrected chi connectivity index (χ4v) is 3.32. The van der Waals surface area contributed by atoms with Crippen molar-refractivity contribution in [2.24, 2.45) is 23.2 Å². The van der Waals surface area contributed by atoms with Crippen LogP contribution in [0, 0.1) is 23.2 Å². The van der Waals surface area contributed by atoms with Crippen molar-refractivity contribution in [3.63, 3.8) is 0 Å². The Morgan fingerprint density at radius 3 is 2.18 bits per heavy atom. The summed E-state index contributed by atoms with van der Waals surface area (Å²) >= 11 is 0. The zero-order valence-electron chi connectivity index (χ0n) is 7.67. The van der Waals surface area contributed by atoms with E-state index in [9.17, 15) is 5.11 Å². The molecular formula is C10H18O. The van der Waals surface area contributed by atoms with Crippen molar-refractivity contribution in [2.45, 2.75) is 39.7 Å². The third-order valence-electron chi connectivity index (χ3n) is 4.18. The SMILES string of the molecule is C[C@H]1C[C@H](O)[C@H]2C[C@@H]1C2(C)C. The molecule has 0 aromatic carbocycles. The van der Waals surface area contributed by atoms with Gasteiger partial charge in [-0.05, 0) is 36.0 Å². The molecule has 0 aromatic rings. The number of hydrogen-bond donors (Lipinski definition) is 1. The first-order chi connectivity index (χ1) is 5.03. The maximum absolute atomic E-state index is 9.72. The van der Waals surface area contributed by atoms with Gasteiger partial charge in [0, 0.05) is 0 Å². The van der Waals surface area contributed by atoms with Gasteiger partial charge in [0.15, 0.2) is 0 Å². The molecule has 3 rings (SSSR count). The summed E-state index contributed by atoms with van der Waals surface area (Å²) in [7, 11) is 0. The van der Waals surface area contributed by atoms with Crippen LogP contribution in [-0.2, 0) is 0 Å². The van der Waals surface area contributed by atoms with Gasteiger partial charge in [-0.1, -0.05) is 20.8 Å². The van der Waals surface area contributed by atoms with Crippen molar-refractivity contribution >= 4 is 0 Å². The average molecular weight is 154 g/mol. The molecule has 0 radical (unpaired) electrons. The lowest BCUT2D eigenvalue weighted by Gasteiger charge is -2.61. The number of aliphatic hydroxyl groups excluding tert-OH is 1. The average Bonchev–Trinajstić information content (AvgIpc) is 1.84. The molecule has 1 heteroatoms. The second kappa shape index (κ2) is 2.01. The van der Waals surface area contributed by atoms with Crippen LogP contribution in [0.3, 0.4) is 0 Å². The van der Waals surface area contributed by atoms with Crippen LogP contribution in [0.4, 0.5) is 0 Å². The molecule has 0 spiro atoms. The van der Waals surface area contributed by atoms with Crippen LogP contribution in [-0.4, -0.2) is 11.2 Å². The molecule has 3 aliphatic rings. The normalized spacial score (nSPS) is 53.5. The molecule has 3 saturated carbocycles. The predicted molar refractivity (Wildman–Crippen MR) is 45.2 cm³/mol. The first kappa shape index (κ1) is 7.60. The largest absolute Gasteiger partial charge is 0.393 e. The molecule has 11 heavy (non-hydrogen) atoms. The Bertz CT molecular complexity index is 158. The quantitative estimate of drug-likeness (QED) is 0.566. The minimum atomic E-state index is -0.00926. The van der Waals surface area contributed by atoms with Crippen molar-refractivity contribution in [1.82, 2.24) is 0 Å². The maximum atomic E-state index is 9.72. The van der Waals surface area contributed by atoms with E-state index in [1.54, 1.807) is 0 Å². The molecule has 0 aromatic heterocycles. The van der Waals surface area contributed by atoms with Crippen molar-refractivity contribution in [1.29, 1.82) is 0 Å². The van der Waals surface area contributed by atoms with Crippen LogP contribution < -0.4 is 0 Å². The number of fused-ring (bicyclic) bond motifs is 2. The Morgan fingerprint density at radius 1 is 1.18 bits per heavy atom. The molecule has 64 valence electrons. The molecule has 0 unspecified atom stereocenters. The van der Waals surface area contributed by atoms with E-state index < -0.39 is 0 Å². The molecule has 0 heterocycles. The van der Waals surface area contributed by atoms with E-state index in [1.807, 2.05) is 0 Å². The molecule has 1 N–H and O–H groups in total. The van der Waals surface area contributed by atoms with E-state index in [-0.39, 0.29) is 6.10 Å². The van der Waals surface area contributed by atoms with Gasteiger partial charge in [-0.15, -0.1) is 0 Å². The predicted octanol–water partition coefficient (Wildman–Crippen LogP) is 2.05. The summed E-state index contributed by atoms with van der Waals surface area (Å²) in [5.41, 5.74) is 0.428. The third kappa shape index (κ3) is 0.807. The van der Waals surface area contributed by atoms with Gasteiger partial charge in [-0.3, -0.25) is 0 Å². The van der Waals surface area contributed by atoms with E-state index >= 15 is 0 Å². The van der Waals surface area contributed by atoms with E-state index in [4.69, 9.17) is 0 Å². The van der Waals surface area contributed by atoms with Gasteiger partial charge in [-0.2, -0.15) is 0 Å². The smallest absolute Gasteiger partial charge is 0.0576 e. The number of hydrogen-bond acceptors (Lipinski definition) is 1. The van der Waals surface area contributed by atoms with E-state index in [2.05, 4.69) is 20.8 Å². The Hall–Kier alpha value is -0.0400. The van der Waals surface area contributed by atoms with Crippen molar-refractivity contribution in [2.75, 3.05) is 0 Å². The van der Waals surface area contributed by atoms with E-state index in [1.165, 1.54) is 6.42 Å². The molecule has 3 aliphatic carbocycles. The zero-order chi connectivity index (χ0) is 8.22. The fraction of sp³-hybridized carbons (Fsp3) is 1.00. The minimum absolute atomic E-state index is 0.00926. The van der Waals surface area contributed by atoms with Gasteiger partial charge in [-0.25, -0.2) is 0 Å². The molecule has 2 bridgehead atoms. The second-order valence-corrected chi connectivity index (χ2v) is 5.05. The highest BCUT2D eigenvalue weighted by molar-refractivity contribution is 5.05. The standard InChI is InChI=1S/C10H18O/c1-6-4-9(11)8-5-7(6)10(8,2)3/h6-9,11H,4-5H2,1-3H3/t6-,7-,8+,9-/m0/s1.